The number of aromatic nitrogens is 6. The lowest BCUT2D eigenvalue weighted by Crippen LogP contribution is -2.04. The average Bonchev–Trinajstić information content (AvgIpc) is 3.11. The number of aryl methyl sites for hydroxylation is 1. The Morgan fingerprint density at radius 1 is 1.21 bits per heavy atom. The fourth-order valence-electron chi connectivity index (χ4n) is 2.80. The summed E-state index contributed by atoms with van der Waals surface area (Å²) in [6.07, 6.45) is 5.09. The van der Waals surface area contributed by atoms with Gasteiger partial charge in [0.25, 0.3) is 0 Å². The second-order valence-corrected chi connectivity index (χ2v) is 5.85. The van der Waals surface area contributed by atoms with Crippen molar-refractivity contribution < 1.29 is 4.74 Å². The Hall–Kier alpha value is -4.06. The van der Waals surface area contributed by atoms with Crippen LogP contribution in [0.1, 0.15) is 6.42 Å². The SMILES string of the molecule is COc1cccc(Nc2ncc3nc(-c4ccncn4)n(CCC#N)c3n2)c1. The zero-order valence-corrected chi connectivity index (χ0v) is 15.1. The molecule has 0 aliphatic heterocycles. The van der Waals surface area contributed by atoms with Gasteiger partial charge in [-0.15, -0.1) is 0 Å². The first kappa shape index (κ1) is 17.4. The van der Waals surface area contributed by atoms with Gasteiger partial charge < -0.3 is 14.6 Å². The number of anilines is 2. The van der Waals surface area contributed by atoms with Gasteiger partial charge in [-0.3, -0.25) is 0 Å². The summed E-state index contributed by atoms with van der Waals surface area (Å²) in [5, 5.41) is 12.2. The van der Waals surface area contributed by atoms with E-state index in [4.69, 9.17) is 10.00 Å². The number of benzene rings is 1. The van der Waals surface area contributed by atoms with Crippen LogP contribution < -0.4 is 10.1 Å². The van der Waals surface area contributed by atoms with Crippen molar-refractivity contribution in [2.75, 3.05) is 12.4 Å². The molecule has 0 radical (unpaired) electrons. The molecule has 0 aliphatic carbocycles. The molecule has 4 aromatic rings. The van der Waals surface area contributed by atoms with Crippen molar-refractivity contribution in [2.45, 2.75) is 13.0 Å². The molecular formula is C19H16N8O. The summed E-state index contributed by atoms with van der Waals surface area (Å²) in [7, 11) is 1.62. The number of nitrogens with zero attached hydrogens (tertiary/aromatic N) is 7. The number of imidazole rings is 1. The van der Waals surface area contributed by atoms with Gasteiger partial charge in [0.2, 0.25) is 5.95 Å². The molecule has 0 aliphatic rings. The summed E-state index contributed by atoms with van der Waals surface area (Å²) < 4.78 is 7.12. The molecule has 0 fully saturated rings. The lowest BCUT2D eigenvalue weighted by Gasteiger charge is -2.08. The first-order valence-electron chi connectivity index (χ1n) is 8.56. The van der Waals surface area contributed by atoms with E-state index in [0.29, 0.717) is 41.6 Å². The van der Waals surface area contributed by atoms with E-state index >= 15 is 0 Å². The summed E-state index contributed by atoms with van der Waals surface area (Å²) in [6, 6.07) is 11.4. The summed E-state index contributed by atoms with van der Waals surface area (Å²) >= 11 is 0. The normalized spacial score (nSPS) is 10.6. The van der Waals surface area contributed by atoms with Gasteiger partial charge in [-0.25, -0.2) is 19.9 Å². The van der Waals surface area contributed by atoms with Crippen LogP contribution in [0.5, 0.6) is 5.75 Å². The van der Waals surface area contributed by atoms with Gasteiger partial charge >= 0.3 is 0 Å². The van der Waals surface area contributed by atoms with Crippen molar-refractivity contribution >= 4 is 22.8 Å². The third kappa shape index (κ3) is 3.43. The number of nitrogens with one attached hydrogen (secondary N) is 1. The van der Waals surface area contributed by atoms with Crippen LogP contribution in [-0.2, 0) is 6.54 Å². The number of ether oxygens (including phenoxy) is 1. The van der Waals surface area contributed by atoms with Crippen molar-refractivity contribution in [3.8, 4) is 23.3 Å². The predicted octanol–water partition coefficient (Wildman–Crippen LogP) is 2.95. The number of hydrogen-bond acceptors (Lipinski definition) is 8. The maximum absolute atomic E-state index is 9.03. The molecule has 138 valence electrons. The first-order valence-corrected chi connectivity index (χ1v) is 8.56. The molecule has 0 amide bonds. The third-order valence-corrected chi connectivity index (χ3v) is 4.07. The second-order valence-electron chi connectivity index (χ2n) is 5.85. The molecule has 1 aromatic carbocycles. The van der Waals surface area contributed by atoms with Crippen LogP contribution in [-0.4, -0.2) is 36.6 Å². The molecule has 0 saturated heterocycles. The van der Waals surface area contributed by atoms with Crippen molar-refractivity contribution in [3.63, 3.8) is 0 Å². The van der Waals surface area contributed by atoms with Crippen LogP contribution in [0.2, 0.25) is 0 Å². The molecule has 9 nitrogen and oxygen atoms in total. The quantitative estimate of drug-likeness (QED) is 0.549. The predicted molar refractivity (Wildman–Crippen MR) is 103 cm³/mol. The minimum atomic E-state index is 0.326. The molecule has 0 bridgehead atoms. The van der Waals surface area contributed by atoms with E-state index < -0.39 is 0 Å². The molecule has 0 spiro atoms. The van der Waals surface area contributed by atoms with Crippen LogP contribution in [0.3, 0.4) is 0 Å². The molecule has 3 aromatic heterocycles. The third-order valence-electron chi connectivity index (χ3n) is 4.07. The largest absolute Gasteiger partial charge is 0.497 e. The summed E-state index contributed by atoms with van der Waals surface area (Å²) in [6.45, 7) is 0.446. The Morgan fingerprint density at radius 3 is 2.93 bits per heavy atom. The second kappa shape index (κ2) is 7.67. The van der Waals surface area contributed by atoms with E-state index in [2.05, 4.69) is 36.3 Å². The monoisotopic (exact) mass is 372 g/mol. The maximum Gasteiger partial charge on any atom is 0.229 e. The van der Waals surface area contributed by atoms with Gasteiger partial charge in [0.15, 0.2) is 11.5 Å². The summed E-state index contributed by atoms with van der Waals surface area (Å²) in [5.74, 6) is 1.78. The van der Waals surface area contributed by atoms with Gasteiger partial charge in [0.05, 0.1) is 25.8 Å². The highest BCUT2D eigenvalue weighted by Crippen LogP contribution is 2.24. The Kier molecular flexibility index (Phi) is 4.76. The molecule has 3 heterocycles. The number of rotatable bonds is 6. The fourth-order valence-corrected chi connectivity index (χ4v) is 2.80. The van der Waals surface area contributed by atoms with Gasteiger partial charge in [0.1, 0.15) is 23.3 Å². The van der Waals surface area contributed by atoms with Crippen LogP contribution >= 0.6 is 0 Å². The molecule has 0 atom stereocenters. The molecule has 0 saturated carbocycles. The smallest absolute Gasteiger partial charge is 0.229 e. The molecule has 0 unspecified atom stereocenters. The minimum absolute atomic E-state index is 0.326. The van der Waals surface area contributed by atoms with Crippen molar-refractivity contribution in [1.29, 1.82) is 5.26 Å². The van der Waals surface area contributed by atoms with E-state index in [1.807, 2.05) is 28.8 Å². The Labute approximate surface area is 160 Å². The number of fused-ring (bicyclic) bond motifs is 1. The molecular weight excluding hydrogens is 356 g/mol. The fraction of sp³-hybridized carbons (Fsp3) is 0.158. The van der Waals surface area contributed by atoms with Gasteiger partial charge in [0, 0.05) is 24.5 Å². The van der Waals surface area contributed by atoms with Gasteiger partial charge in [-0.05, 0) is 18.2 Å². The Bertz CT molecular complexity index is 1150. The lowest BCUT2D eigenvalue weighted by molar-refractivity contribution is 0.415. The number of nitriles is 1. The van der Waals surface area contributed by atoms with Gasteiger partial charge in [-0.1, -0.05) is 6.07 Å². The van der Waals surface area contributed by atoms with Crippen molar-refractivity contribution in [1.82, 2.24) is 29.5 Å². The summed E-state index contributed by atoms with van der Waals surface area (Å²) in [4.78, 5) is 21.8. The average molecular weight is 372 g/mol. The summed E-state index contributed by atoms with van der Waals surface area (Å²) in [5.41, 5.74) is 2.72. The number of methoxy groups -OCH3 is 1. The van der Waals surface area contributed by atoms with E-state index in [1.165, 1.54) is 6.33 Å². The minimum Gasteiger partial charge on any atom is -0.497 e. The van der Waals surface area contributed by atoms with Crippen LogP contribution in [0, 0.1) is 11.3 Å². The zero-order valence-electron chi connectivity index (χ0n) is 15.1. The Balaban J connectivity index is 1.76. The molecule has 4 rings (SSSR count). The van der Waals surface area contributed by atoms with Gasteiger partial charge in [-0.2, -0.15) is 10.2 Å². The van der Waals surface area contributed by atoms with Crippen molar-refractivity contribution in [2.24, 2.45) is 0 Å². The highest BCUT2D eigenvalue weighted by molar-refractivity contribution is 5.77. The van der Waals surface area contributed by atoms with E-state index in [9.17, 15) is 0 Å². The number of hydrogen-bond donors (Lipinski definition) is 1. The van der Waals surface area contributed by atoms with Crippen LogP contribution in [0.4, 0.5) is 11.6 Å². The maximum atomic E-state index is 9.03. The van der Waals surface area contributed by atoms with E-state index in [-0.39, 0.29) is 0 Å². The molecule has 9 heteroatoms. The molecule has 28 heavy (non-hydrogen) atoms. The highest BCUT2D eigenvalue weighted by Gasteiger charge is 2.16. The van der Waals surface area contributed by atoms with Crippen molar-refractivity contribution in [3.05, 3.63) is 49.1 Å². The Morgan fingerprint density at radius 2 is 2.14 bits per heavy atom. The first-order chi connectivity index (χ1) is 13.8. The van der Waals surface area contributed by atoms with E-state index in [0.717, 1.165) is 11.4 Å². The highest BCUT2D eigenvalue weighted by atomic mass is 16.5. The zero-order chi connectivity index (χ0) is 19.3. The standard InChI is InChI=1S/C19H16N8O/c1-28-14-5-2-4-13(10-14)24-19-22-11-16-18(26-19)27(9-3-7-20)17(25-16)15-6-8-21-12-23-15/h2,4-6,8,10-12H,3,9H2,1H3,(H,22,24,26). The molecule has 1 N–H and O–H groups in total. The lowest BCUT2D eigenvalue weighted by atomic mass is 10.3. The van der Waals surface area contributed by atoms with Crippen LogP contribution in [0.15, 0.2) is 49.1 Å². The topological polar surface area (TPSA) is 114 Å². The van der Waals surface area contributed by atoms with E-state index in [1.54, 1.807) is 25.6 Å². The van der Waals surface area contributed by atoms with Crippen LogP contribution in [0.25, 0.3) is 22.7 Å².